The fourth-order valence-electron chi connectivity index (χ4n) is 2.02. The molecule has 0 radical (unpaired) electrons. The summed E-state index contributed by atoms with van der Waals surface area (Å²) < 4.78 is 0. The van der Waals surface area contributed by atoms with Gasteiger partial charge in [-0.3, -0.25) is 9.59 Å². The van der Waals surface area contributed by atoms with Gasteiger partial charge in [-0.15, -0.1) is 0 Å². The minimum Gasteiger partial charge on any atom is -0.347 e. The molecular weight excluding hydrogens is 252 g/mol. The molecule has 4 nitrogen and oxygen atoms in total. The van der Waals surface area contributed by atoms with Crippen LogP contribution < -0.4 is 10.6 Å². The summed E-state index contributed by atoms with van der Waals surface area (Å²) in [4.78, 5) is 23.3. The van der Waals surface area contributed by atoms with Crippen LogP contribution in [0.15, 0.2) is 18.2 Å². The molecule has 0 bridgehead atoms. The normalized spacial score (nSPS) is 10.4. The lowest BCUT2D eigenvalue weighted by atomic mass is 9.98. The van der Waals surface area contributed by atoms with Crippen LogP contribution in [0.25, 0.3) is 0 Å². The van der Waals surface area contributed by atoms with Crippen molar-refractivity contribution < 1.29 is 9.59 Å². The Morgan fingerprint density at radius 2 is 1.90 bits per heavy atom. The molecule has 0 spiro atoms. The Balaban J connectivity index is 2.69. The monoisotopic (exact) mass is 276 g/mol. The molecule has 0 heterocycles. The van der Waals surface area contributed by atoms with Crippen LogP contribution in [0.4, 0.5) is 5.69 Å². The number of carbonyl (C=O) groups is 2. The lowest BCUT2D eigenvalue weighted by Gasteiger charge is -2.16. The number of aryl methyl sites for hydroxylation is 1. The Hall–Kier alpha value is -1.84. The number of nitrogens with one attached hydrogen (secondary N) is 2. The molecule has 0 atom stereocenters. The predicted molar refractivity (Wildman–Crippen MR) is 81.8 cm³/mol. The smallest absolute Gasteiger partial charge is 0.243 e. The molecule has 20 heavy (non-hydrogen) atoms. The van der Waals surface area contributed by atoms with Gasteiger partial charge < -0.3 is 10.6 Å². The number of benzene rings is 1. The first-order valence-electron chi connectivity index (χ1n) is 7.11. The molecule has 2 N–H and O–H groups in total. The largest absolute Gasteiger partial charge is 0.347 e. The van der Waals surface area contributed by atoms with Crippen molar-refractivity contribution in [2.45, 2.75) is 46.5 Å². The summed E-state index contributed by atoms with van der Waals surface area (Å²) in [6.45, 7) is 8.10. The third kappa shape index (κ3) is 4.68. The summed E-state index contributed by atoms with van der Waals surface area (Å²) in [5.41, 5.74) is 3.00. The molecule has 0 aliphatic carbocycles. The van der Waals surface area contributed by atoms with Gasteiger partial charge in [0.2, 0.25) is 11.8 Å². The maximum Gasteiger partial charge on any atom is 0.243 e. The Kier molecular flexibility index (Phi) is 6.22. The molecule has 4 heteroatoms. The second-order valence-corrected chi connectivity index (χ2v) is 5.27. The van der Waals surface area contributed by atoms with Gasteiger partial charge in [-0.1, -0.05) is 39.0 Å². The lowest BCUT2D eigenvalue weighted by Crippen LogP contribution is -2.33. The van der Waals surface area contributed by atoms with E-state index in [-0.39, 0.29) is 18.4 Å². The molecular formula is C16H24N2O2. The Labute approximate surface area is 121 Å². The van der Waals surface area contributed by atoms with Crippen molar-refractivity contribution in [3.8, 4) is 0 Å². The first kappa shape index (κ1) is 16.2. The maximum atomic E-state index is 11.9. The molecule has 0 fully saturated rings. The zero-order chi connectivity index (χ0) is 15.1. The van der Waals surface area contributed by atoms with E-state index >= 15 is 0 Å². The fraction of sp³-hybridized carbons (Fsp3) is 0.500. The van der Waals surface area contributed by atoms with Gasteiger partial charge in [0.15, 0.2) is 0 Å². The van der Waals surface area contributed by atoms with E-state index in [1.165, 1.54) is 0 Å². The second kappa shape index (κ2) is 7.68. The van der Waals surface area contributed by atoms with Gasteiger partial charge in [-0.25, -0.2) is 0 Å². The minimum absolute atomic E-state index is 0.0186. The van der Waals surface area contributed by atoms with Crippen LogP contribution in [0.2, 0.25) is 0 Å². The standard InChI is InChI=1S/C16H24N2O2/c1-5-7-14(19)17-10-15(20)18-16-12(4)8-6-9-13(16)11(2)3/h6,8-9,11H,5,7,10H2,1-4H3,(H,17,19)(H,18,20). The summed E-state index contributed by atoms with van der Waals surface area (Å²) in [7, 11) is 0. The van der Waals surface area contributed by atoms with E-state index in [2.05, 4.69) is 24.5 Å². The van der Waals surface area contributed by atoms with Crippen LogP contribution in [-0.2, 0) is 9.59 Å². The van der Waals surface area contributed by atoms with Gasteiger partial charge >= 0.3 is 0 Å². The maximum absolute atomic E-state index is 11.9. The lowest BCUT2D eigenvalue weighted by molar-refractivity contribution is -0.124. The van der Waals surface area contributed by atoms with Crippen LogP contribution in [-0.4, -0.2) is 18.4 Å². The molecule has 0 aliphatic heterocycles. The molecule has 1 aromatic carbocycles. The minimum atomic E-state index is -0.189. The van der Waals surface area contributed by atoms with Gasteiger partial charge in [0.05, 0.1) is 6.54 Å². The molecule has 0 unspecified atom stereocenters. The molecule has 0 aromatic heterocycles. The highest BCUT2D eigenvalue weighted by Gasteiger charge is 2.12. The summed E-state index contributed by atoms with van der Waals surface area (Å²) in [6.07, 6.45) is 1.23. The van der Waals surface area contributed by atoms with Gasteiger partial charge in [0, 0.05) is 12.1 Å². The van der Waals surface area contributed by atoms with E-state index < -0.39 is 0 Å². The molecule has 0 saturated carbocycles. The zero-order valence-corrected chi connectivity index (χ0v) is 12.7. The molecule has 1 aromatic rings. The first-order chi connectivity index (χ1) is 9.45. The highest BCUT2D eigenvalue weighted by molar-refractivity contribution is 5.95. The van der Waals surface area contributed by atoms with E-state index in [4.69, 9.17) is 0 Å². The van der Waals surface area contributed by atoms with Gasteiger partial charge in [-0.05, 0) is 30.4 Å². The number of hydrogen-bond acceptors (Lipinski definition) is 2. The molecule has 110 valence electrons. The van der Waals surface area contributed by atoms with Crippen LogP contribution in [0.3, 0.4) is 0 Å². The molecule has 1 rings (SSSR count). The topological polar surface area (TPSA) is 58.2 Å². The zero-order valence-electron chi connectivity index (χ0n) is 12.7. The Bertz CT molecular complexity index is 481. The van der Waals surface area contributed by atoms with Crippen molar-refractivity contribution in [1.29, 1.82) is 0 Å². The summed E-state index contributed by atoms with van der Waals surface area (Å²) >= 11 is 0. The first-order valence-corrected chi connectivity index (χ1v) is 7.11. The van der Waals surface area contributed by atoms with E-state index in [9.17, 15) is 9.59 Å². The van der Waals surface area contributed by atoms with Crippen LogP contribution >= 0.6 is 0 Å². The summed E-state index contributed by atoms with van der Waals surface area (Å²) in [5.74, 6) is 0.0575. The fourth-order valence-corrected chi connectivity index (χ4v) is 2.02. The van der Waals surface area contributed by atoms with Crippen molar-refractivity contribution in [3.05, 3.63) is 29.3 Å². The van der Waals surface area contributed by atoms with Crippen molar-refractivity contribution in [2.75, 3.05) is 11.9 Å². The van der Waals surface area contributed by atoms with Crippen molar-refractivity contribution >= 4 is 17.5 Å². The second-order valence-electron chi connectivity index (χ2n) is 5.27. The van der Waals surface area contributed by atoms with E-state index in [1.807, 2.05) is 32.0 Å². The van der Waals surface area contributed by atoms with Crippen LogP contribution in [0.1, 0.15) is 50.7 Å². The molecule has 2 amide bonds. The number of hydrogen-bond donors (Lipinski definition) is 2. The number of carbonyl (C=O) groups excluding carboxylic acids is 2. The highest BCUT2D eigenvalue weighted by atomic mass is 16.2. The Morgan fingerprint density at radius 3 is 2.50 bits per heavy atom. The number of anilines is 1. The van der Waals surface area contributed by atoms with E-state index in [0.29, 0.717) is 12.3 Å². The van der Waals surface area contributed by atoms with Gasteiger partial charge in [0.25, 0.3) is 0 Å². The van der Waals surface area contributed by atoms with Crippen molar-refractivity contribution in [1.82, 2.24) is 5.32 Å². The third-order valence-electron chi connectivity index (χ3n) is 3.11. The number of amides is 2. The van der Waals surface area contributed by atoms with Crippen LogP contribution in [0.5, 0.6) is 0 Å². The molecule has 0 saturated heterocycles. The van der Waals surface area contributed by atoms with Crippen LogP contribution in [0, 0.1) is 6.92 Å². The average molecular weight is 276 g/mol. The van der Waals surface area contributed by atoms with Crippen molar-refractivity contribution in [3.63, 3.8) is 0 Å². The highest BCUT2D eigenvalue weighted by Crippen LogP contribution is 2.27. The third-order valence-corrected chi connectivity index (χ3v) is 3.11. The SMILES string of the molecule is CCCC(=O)NCC(=O)Nc1c(C)cccc1C(C)C. The predicted octanol–water partition coefficient (Wildman–Crippen LogP) is 2.97. The molecule has 0 aliphatic rings. The summed E-state index contributed by atoms with van der Waals surface area (Å²) in [6, 6.07) is 5.98. The number of para-hydroxylation sites is 1. The quantitative estimate of drug-likeness (QED) is 0.839. The van der Waals surface area contributed by atoms with Gasteiger partial charge in [-0.2, -0.15) is 0 Å². The van der Waals surface area contributed by atoms with Gasteiger partial charge in [0.1, 0.15) is 0 Å². The van der Waals surface area contributed by atoms with E-state index in [0.717, 1.165) is 23.2 Å². The van der Waals surface area contributed by atoms with E-state index in [1.54, 1.807) is 0 Å². The number of rotatable bonds is 6. The Morgan fingerprint density at radius 1 is 1.20 bits per heavy atom. The average Bonchev–Trinajstić information content (AvgIpc) is 2.39. The summed E-state index contributed by atoms with van der Waals surface area (Å²) in [5, 5.41) is 5.52. The van der Waals surface area contributed by atoms with Crippen molar-refractivity contribution in [2.24, 2.45) is 0 Å².